The third-order valence-corrected chi connectivity index (χ3v) is 3.22. The van der Waals surface area contributed by atoms with Crippen LogP contribution in [0.1, 0.15) is 13.3 Å². The van der Waals surface area contributed by atoms with E-state index in [0.29, 0.717) is 0 Å². The van der Waals surface area contributed by atoms with Gasteiger partial charge in [0.15, 0.2) is 0 Å². The van der Waals surface area contributed by atoms with Crippen molar-refractivity contribution < 1.29 is 4.89 Å². The first-order valence-corrected chi connectivity index (χ1v) is 4.39. The summed E-state index contributed by atoms with van der Waals surface area (Å²) in [7, 11) is -0.504. The molecule has 1 rings (SSSR count). The van der Waals surface area contributed by atoms with Gasteiger partial charge < -0.3 is 4.89 Å². The first kappa shape index (κ1) is 5.53. The molecule has 0 aromatic carbocycles. The highest BCUT2D eigenvalue weighted by Gasteiger charge is 2.17. The summed E-state index contributed by atoms with van der Waals surface area (Å²) in [5.41, 5.74) is 0. The van der Waals surface area contributed by atoms with Gasteiger partial charge in [0.05, 0.1) is 0 Å². The molecule has 0 amide bonds. The molecule has 7 heavy (non-hydrogen) atoms. The molecule has 1 aliphatic rings. The third-order valence-electron chi connectivity index (χ3n) is 1.40. The summed E-state index contributed by atoms with van der Waals surface area (Å²) >= 11 is 0. The number of rotatable bonds is 0. The molecule has 1 fully saturated rings. The lowest BCUT2D eigenvalue weighted by atomic mass is 10.2. The van der Waals surface area contributed by atoms with E-state index in [-0.39, 0.29) is 0 Å². The zero-order chi connectivity index (χ0) is 5.28. The quantitative estimate of drug-likeness (QED) is 0.477. The van der Waals surface area contributed by atoms with E-state index in [1.807, 2.05) is 0 Å². The van der Waals surface area contributed by atoms with Gasteiger partial charge >= 0.3 is 0 Å². The van der Waals surface area contributed by atoms with E-state index in [9.17, 15) is 0 Å². The Kier molecular flexibility index (Phi) is 1.66. The molecular formula is C5H11OP. The minimum absolute atomic E-state index is 0.504. The normalized spacial score (nSPS) is 42.0. The Balaban J connectivity index is 2.26. The fourth-order valence-electron chi connectivity index (χ4n) is 0.912. The largest absolute Gasteiger partial charge is 0.374 e. The summed E-state index contributed by atoms with van der Waals surface area (Å²) in [6, 6.07) is 0. The molecule has 42 valence electrons. The van der Waals surface area contributed by atoms with Gasteiger partial charge in [-0.25, -0.2) is 0 Å². The standard InChI is InChI=1S/C5H11OP/c1-5-2-3-7(6)4-5/h5-6H,2-4H2,1H3. The van der Waals surface area contributed by atoms with Crippen molar-refractivity contribution >= 4 is 8.15 Å². The molecule has 0 aromatic heterocycles. The second-order valence-electron chi connectivity index (χ2n) is 2.31. The van der Waals surface area contributed by atoms with E-state index in [4.69, 9.17) is 4.89 Å². The van der Waals surface area contributed by atoms with Crippen molar-refractivity contribution in [3.05, 3.63) is 0 Å². The van der Waals surface area contributed by atoms with Gasteiger partial charge in [-0.15, -0.1) is 0 Å². The maximum absolute atomic E-state index is 8.96. The molecule has 0 spiro atoms. The van der Waals surface area contributed by atoms with Crippen molar-refractivity contribution in [2.75, 3.05) is 12.3 Å². The van der Waals surface area contributed by atoms with Crippen LogP contribution < -0.4 is 0 Å². The highest BCUT2D eigenvalue weighted by atomic mass is 31.1. The van der Waals surface area contributed by atoms with E-state index in [1.54, 1.807) is 0 Å². The maximum atomic E-state index is 8.96. The fourth-order valence-corrected chi connectivity index (χ4v) is 2.74. The average Bonchev–Trinajstić information content (AvgIpc) is 1.87. The van der Waals surface area contributed by atoms with Crippen LogP contribution in [0.15, 0.2) is 0 Å². The Morgan fingerprint density at radius 3 is 2.57 bits per heavy atom. The van der Waals surface area contributed by atoms with Gasteiger partial charge in [-0.1, -0.05) is 6.92 Å². The lowest BCUT2D eigenvalue weighted by Gasteiger charge is -1.95. The minimum Gasteiger partial charge on any atom is -0.374 e. The summed E-state index contributed by atoms with van der Waals surface area (Å²) in [4.78, 5) is 8.96. The van der Waals surface area contributed by atoms with Gasteiger partial charge in [-0.2, -0.15) is 0 Å². The second kappa shape index (κ2) is 2.11. The summed E-state index contributed by atoms with van der Waals surface area (Å²) in [6.45, 7) is 2.21. The SMILES string of the molecule is CC1CCP(O)C1. The summed E-state index contributed by atoms with van der Waals surface area (Å²) in [5.74, 6) is 0.802. The molecule has 0 aromatic rings. The van der Waals surface area contributed by atoms with Gasteiger partial charge in [0.1, 0.15) is 0 Å². The predicted molar refractivity (Wildman–Crippen MR) is 32.7 cm³/mol. The number of hydrogen-bond donors (Lipinski definition) is 1. The van der Waals surface area contributed by atoms with Crippen molar-refractivity contribution in [1.29, 1.82) is 0 Å². The first-order chi connectivity index (χ1) is 3.29. The van der Waals surface area contributed by atoms with E-state index in [1.165, 1.54) is 6.42 Å². The Morgan fingerprint density at radius 2 is 2.43 bits per heavy atom. The van der Waals surface area contributed by atoms with Gasteiger partial charge in [-0.05, 0) is 24.7 Å². The molecule has 1 saturated heterocycles. The van der Waals surface area contributed by atoms with Crippen LogP contribution in [0, 0.1) is 5.92 Å². The van der Waals surface area contributed by atoms with E-state index >= 15 is 0 Å². The molecule has 0 saturated carbocycles. The average molecular weight is 118 g/mol. The molecule has 0 radical (unpaired) electrons. The van der Waals surface area contributed by atoms with Crippen molar-refractivity contribution in [1.82, 2.24) is 0 Å². The van der Waals surface area contributed by atoms with E-state index < -0.39 is 8.15 Å². The minimum atomic E-state index is -0.504. The van der Waals surface area contributed by atoms with Gasteiger partial charge in [-0.3, -0.25) is 0 Å². The Labute approximate surface area is 45.6 Å². The van der Waals surface area contributed by atoms with Gasteiger partial charge in [0.25, 0.3) is 0 Å². The topological polar surface area (TPSA) is 20.2 Å². The highest BCUT2D eigenvalue weighted by Crippen LogP contribution is 2.41. The molecule has 1 N–H and O–H groups in total. The summed E-state index contributed by atoms with van der Waals surface area (Å²) in [5, 5.41) is 0. The van der Waals surface area contributed by atoms with Crippen LogP contribution in [-0.4, -0.2) is 17.2 Å². The molecule has 2 heteroatoms. The van der Waals surface area contributed by atoms with Gasteiger partial charge in [0.2, 0.25) is 0 Å². The van der Waals surface area contributed by atoms with Crippen LogP contribution in [0.25, 0.3) is 0 Å². The first-order valence-electron chi connectivity index (χ1n) is 2.73. The molecule has 2 atom stereocenters. The molecule has 0 bridgehead atoms. The Morgan fingerprint density at radius 1 is 1.71 bits per heavy atom. The van der Waals surface area contributed by atoms with Crippen molar-refractivity contribution in [2.45, 2.75) is 13.3 Å². The van der Waals surface area contributed by atoms with E-state index in [2.05, 4.69) is 6.92 Å². The molecule has 0 aliphatic carbocycles. The fraction of sp³-hybridized carbons (Fsp3) is 1.00. The summed E-state index contributed by atoms with van der Waals surface area (Å²) in [6.07, 6.45) is 3.44. The zero-order valence-electron chi connectivity index (χ0n) is 4.59. The van der Waals surface area contributed by atoms with Crippen molar-refractivity contribution in [2.24, 2.45) is 5.92 Å². The van der Waals surface area contributed by atoms with E-state index in [0.717, 1.165) is 18.2 Å². The van der Waals surface area contributed by atoms with Crippen LogP contribution in [0.3, 0.4) is 0 Å². The second-order valence-corrected chi connectivity index (χ2v) is 4.13. The summed E-state index contributed by atoms with van der Waals surface area (Å²) < 4.78 is 0. The molecule has 1 aliphatic heterocycles. The number of hydrogen-bond acceptors (Lipinski definition) is 1. The van der Waals surface area contributed by atoms with Crippen LogP contribution in [0.5, 0.6) is 0 Å². The highest BCUT2D eigenvalue weighted by molar-refractivity contribution is 7.51. The molecular weight excluding hydrogens is 107 g/mol. The molecule has 1 nitrogen and oxygen atoms in total. The predicted octanol–water partition coefficient (Wildman–Crippen LogP) is 1.42. The smallest absolute Gasteiger partial charge is 0.0254 e. The van der Waals surface area contributed by atoms with Crippen LogP contribution in [0.4, 0.5) is 0 Å². The zero-order valence-corrected chi connectivity index (χ0v) is 5.49. The van der Waals surface area contributed by atoms with Crippen molar-refractivity contribution in [3.63, 3.8) is 0 Å². The Hall–Kier alpha value is 0.390. The molecule has 2 unspecified atom stereocenters. The Bertz CT molecular complexity index is 57.1. The van der Waals surface area contributed by atoms with Crippen LogP contribution in [-0.2, 0) is 0 Å². The van der Waals surface area contributed by atoms with Crippen molar-refractivity contribution in [3.8, 4) is 0 Å². The third kappa shape index (κ3) is 1.40. The maximum Gasteiger partial charge on any atom is 0.0254 e. The lowest BCUT2D eigenvalue weighted by molar-refractivity contribution is 0.625. The van der Waals surface area contributed by atoms with Crippen LogP contribution >= 0.6 is 8.15 Å². The lowest BCUT2D eigenvalue weighted by Crippen LogP contribution is -1.86. The van der Waals surface area contributed by atoms with Crippen LogP contribution in [0.2, 0.25) is 0 Å². The van der Waals surface area contributed by atoms with Gasteiger partial charge in [0, 0.05) is 8.15 Å². The molecule has 1 heterocycles. The monoisotopic (exact) mass is 118 g/mol.